The topological polar surface area (TPSA) is 47.7 Å². The second kappa shape index (κ2) is 8.03. The van der Waals surface area contributed by atoms with Gasteiger partial charge in [0.05, 0.1) is 19.8 Å². The highest BCUT2D eigenvalue weighted by atomic mass is 16.5. The third-order valence-electron chi connectivity index (χ3n) is 3.76. The Morgan fingerprint density at radius 1 is 1.35 bits per heavy atom. The quantitative estimate of drug-likeness (QED) is 0.653. The highest BCUT2D eigenvalue weighted by molar-refractivity contribution is 4.89. The maximum Gasteiger partial charge on any atom is 0.0701 e. The number of hydrogen-bond donors (Lipinski definition) is 1. The average Bonchev–Trinajstić information content (AvgIpc) is 2.71. The molecule has 0 amide bonds. The third kappa shape index (κ3) is 4.21. The summed E-state index contributed by atoms with van der Waals surface area (Å²) in [6.07, 6.45) is 3.79. The molecule has 17 heavy (non-hydrogen) atoms. The maximum atomic E-state index is 5.89. The summed E-state index contributed by atoms with van der Waals surface area (Å²) in [7, 11) is 1.69. The van der Waals surface area contributed by atoms with Crippen LogP contribution in [0.2, 0.25) is 0 Å². The van der Waals surface area contributed by atoms with Gasteiger partial charge in [0, 0.05) is 31.8 Å². The van der Waals surface area contributed by atoms with Crippen LogP contribution < -0.4 is 5.73 Å². The smallest absolute Gasteiger partial charge is 0.0701 e. The monoisotopic (exact) mass is 244 g/mol. The van der Waals surface area contributed by atoms with E-state index in [1.54, 1.807) is 7.11 Å². The molecule has 0 bridgehead atoms. The van der Waals surface area contributed by atoms with Gasteiger partial charge in [0.15, 0.2) is 0 Å². The lowest BCUT2D eigenvalue weighted by atomic mass is 10.1. The molecular formula is C13H28N2O2. The van der Waals surface area contributed by atoms with E-state index in [0.717, 1.165) is 6.61 Å². The molecule has 1 aliphatic heterocycles. The fraction of sp³-hybridized carbons (Fsp3) is 1.00. The standard InChI is InChI=1S/C13H28N2O2/c1-4-12-6-5-11(2)15(12)13(9-14)10-17-8-7-16-3/h11-13H,4-10,14H2,1-3H3. The summed E-state index contributed by atoms with van der Waals surface area (Å²) in [6, 6.07) is 1.68. The van der Waals surface area contributed by atoms with Crippen molar-refractivity contribution in [2.45, 2.75) is 51.2 Å². The highest BCUT2D eigenvalue weighted by Gasteiger charge is 2.34. The van der Waals surface area contributed by atoms with Crippen LogP contribution in [0.5, 0.6) is 0 Å². The lowest BCUT2D eigenvalue weighted by molar-refractivity contribution is 0.0181. The molecule has 4 heteroatoms. The molecule has 0 aromatic rings. The number of rotatable bonds is 8. The van der Waals surface area contributed by atoms with Crippen LogP contribution in [0.1, 0.15) is 33.1 Å². The van der Waals surface area contributed by atoms with Crippen molar-refractivity contribution in [2.24, 2.45) is 5.73 Å². The number of ether oxygens (including phenoxy) is 2. The van der Waals surface area contributed by atoms with Crippen LogP contribution in [-0.2, 0) is 9.47 Å². The second-order valence-corrected chi connectivity index (χ2v) is 4.89. The van der Waals surface area contributed by atoms with Gasteiger partial charge in [0.1, 0.15) is 0 Å². The number of hydrogen-bond acceptors (Lipinski definition) is 4. The van der Waals surface area contributed by atoms with E-state index in [0.29, 0.717) is 37.9 Å². The molecule has 0 aromatic heterocycles. The van der Waals surface area contributed by atoms with Gasteiger partial charge in [0.25, 0.3) is 0 Å². The summed E-state index contributed by atoms with van der Waals surface area (Å²) in [5.41, 5.74) is 5.89. The molecule has 4 nitrogen and oxygen atoms in total. The summed E-state index contributed by atoms with van der Waals surface area (Å²) in [5.74, 6) is 0. The molecule has 3 unspecified atom stereocenters. The summed E-state index contributed by atoms with van der Waals surface area (Å²) in [6.45, 7) is 7.27. The number of methoxy groups -OCH3 is 1. The van der Waals surface area contributed by atoms with E-state index in [9.17, 15) is 0 Å². The molecule has 1 fully saturated rings. The minimum absolute atomic E-state index is 0.356. The molecule has 1 saturated heterocycles. The van der Waals surface area contributed by atoms with Crippen LogP contribution in [0, 0.1) is 0 Å². The number of nitrogens with two attached hydrogens (primary N) is 1. The zero-order valence-electron chi connectivity index (χ0n) is 11.5. The maximum absolute atomic E-state index is 5.89. The Kier molecular flexibility index (Phi) is 7.04. The molecule has 1 rings (SSSR count). The van der Waals surface area contributed by atoms with Crippen molar-refractivity contribution >= 4 is 0 Å². The predicted octanol–water partition coefficient (Wildman–Crippen LogP) is 1.24. The molecule has 0 aromatic carbocycles. The van der Waals surface area contributed by atoms with Gasteiger partial charge in [-0.2, -0.15) is 0 Å². The zero-order chi connectivity index (χ0) is 12.7. The largest absolute Gasteiger partial charge is 0.382 e. The molecule has 2 N–H and O–H groups in total. The minimum Gasteiger partial charge on any atom is -0.382 e. The Labute approximate surface area is 105 Å². The van der Waals surface area contributed by atoms with Gasteiger partial charge >= 0.3 is 0 Å². The molecule has 102 valence electrons. The molecule has 0 spiro atoms. The summed E-state index contributed by atoms with van der Waals surface area (Å²) < 4.78 is 10.6. The van der Waals surface area contributed by atoms with Gasteiger partial charge in [-0.15, -0.1) is 0 Å². The van der Waals surface area contributed by atoms with Gasteiger partial charge in [-0.05, 0) is 26.2 Å². The van der Waals surface area contributed by atoms with Gasteiger partial charge in [-0.1, -0.05) is 6.92 Å². The average molecular weight is 244 g/mol. The normalized spacial score (nSPS) is 27.5. The summed E-state index contributed by atoms with van der Waals surface area (Å²) >= 11 is 0. The molecule has 1 aliphatic rings. The van der Waals surface area contributed by atoms with Gasteiger partial charge < -0.3 is 15.2 Å². The first-order chi connectivity index (χ1) is 8.24. The van der Waals surface area contributed by atoms with Crippen LogP contribution >= 0.6 is 0 Å². The fourth-order valence-electron chi connectivity index (χ4n) is 2.80. The Bertz CT molecular complexity index is 202. The Hall–Kier alpha value is -0.160. The minimum atomic E-state index is 0.356. The number of likely N-dealkylation sites (tertiary alicyclic amines) is 1. The molecule has 1 heterocycles. The lowest BCUT2D eigenvalue weighted by Crippen LogP contribution is -2.49. The van der Waals surface area contributed by atoms with Crippen molar-refractivity contribution < 1.29 is 9.47 Å². The van der Waals surface area contributed by atoms with Crippen molar-refractivity contribution in [3.05, 3.63) is 0 Å². The van der Waals surface area contributed by atoms with Crippen molar-refractivity contribution in [2.75, 3.05) is 33.5 Å². The molecule has 0 aliphatic carbocycles. The Morgan fingerprint density at radius 2 is 2.12 bits per heavy atom. The Balaban J connectivity index is 2.41. The van der Waals surface area contributed by atoms with Crippen molar-refractivity contribution in [1.29, 1.82) is 0 Å². The van der Waals surface area contributed by atoms with Crippen LogP contribution in [0.3, 0.4) is 0 Å². The van der Waals surface area contributed by atoms with Crippen molar-refractivity contribution in [3.63, 3.8) is 0 Å². The van der Waals surface area contributed by atoms with Crippen molar-refractivity contribution in [3.8, 4) is 0 Å². The van der Waals surface area contributed by atoms with E-state index < -0.39 is 0 Å². The second-order valence-electron chi connectivity index (χ2n) is 4.89. The first-order valence-corrected chi connectivity index (χ1v) is 6.78. The third-order valence-corrected chi connectivity index (χ3v) is 3.76. The highest BCUT2D eigenvalue weighted by Crippen LogP contribution is 2.28. The van der Waals surface area contributed by atoms with E-state index in [1.165, 1.54) is 19.3 Å². The molecule has 3 atom stereocenters. The van der Waals surface area contributed by atoms with E-state index >= 15 is 0 Å². The van der Waals surface area contributed by atoms with Gasteiger partial charge in [0.2, 0.25) is 0 Å². The van der Waals surface area contributed by atoms with E-state index in [2.05, 4.69) is 18.7 Å². The SMILES string of the molecule is CCC1CCC(C)N1C(CN)COCCOC. The summed E-state index contributed by atoms with van der Waals surface area (Å²) in [4.78, 5) is 2.56. The van der Waals surface area contributed by atoms with Crippen LogP contribution in [-0.4, -0.2) is 56.5 Å². The van der Waals surface area contributed by atoms with Crippen LogP contribution in [0.4, 0.5) is 0 Å². The van der Waals surface area contributed by atoms with E-state index in [4.69, 9.17) is 15.2 Å². The van der Waals surface area contributed by atoms with Crippen LogP contribution in [0.15, 0.2) is 0 Å². The molecule has 0 radical (unpaired) electrons. The fourth-order valence-corrected chi connectivity index (χ4v) is 2.80. The summed E-state index contributed by atoms with van der Waals surface area (Å²) in [5, 5.41) is 0. The first-order valence-electron chi connectivity index (χ1n) is 6.78. The predicted molar refractivity (Wildman–Crippen MR) is 70.2 cm³/mol. The van der Waals surface area contributed by atoms with E-state index in [-0.39, 0.29) is 0 Å². The zero-order valence-corrected chi connectivity index (χ0v) is 11.5. The van der Waals surface area contributed by atoms with Crippen molar-refractivity contribution in [1.82, 2.24) is 4.90 Å². The molecular weight excluding hydrogens is 216 g/mol. The Morgan fingerprint density at radius 3 is 2.71 bits per heavy atom. The van der Waals surface area contributed by atoms with Crippen LogP contribution in [0.25, 0.3) is 0 Å². The van der Waals surface area contributed by atoms with E-state index in [1.807, 2.05) is 0 Å². The van der Waals surface area contributed by atoms with Gasteiger partial charge in [-0.3, -0.25) is 4.90 Å². The molecule has 0 saturated carbocycles. The van der Waals surface area contributed by atoms with Gasteiger partial charge in [-0.25, -0.2) is 0 Å². The number of nitrogens with zero attached hydrogens (tertiary/aromatic N) is 1. The lowest BCUT2D eigenvalue weighted by Gasteiger charge is -2.35. The first kappa shape index (κ1) is 14.9.